The first kappa shape index (κ1) is 17.9. The Morgan fingerprint density at radius 3 is 2.48 bits per heavy atom. The number of carbonyl (C=O) groups excluding carboxylic acids is 1. The zero-order chi connectivity index (χ0) is 19.0. The molecule has 0 aliphatic heterocycles. The highest BCUT2D eigenvalue weighted by Gasteiger charge is 2.52. The largest absolute Gasteiger partial charge is 0.384 e. The van der Waals surface area contributed by atoms with E-state index in [0.29, 0.717) is 35.6 Å². The third-order valence-corrected chi connectivity index (χ3v) is 6.38. The Morgan fingerprint density at radius 1 is 1.22 bits per heavy atom. The molecule has 27 heavy (non-hydrogen) atoms. The topological polar surface area (TPSA) is 130 Å². The summed E-state index contributed by atoms with van der Waals surface area (Å²) in [7, 11) is 0. The normalized spacial score (nSPS) is 19.0. The molecule has 0 saturated heterocycles. The van der Waals surface area contributed by atoms with Gasteiger partial charge in [0.1, 0.15) is 10.6 Å². The van der Waals surface area contributed by atoms with E-state index in [1.165, 1.54) is 0 Å². The van der Waals surface area contributed by atoms with Crippen molar-refractivity contribution in [1.29, 1.82) is 0 Å². The van der Waals surface area contributed by atoms with Crippen LogP contribution < -0.4 is 16.4 Å². The van der Waals surface area contributed by atoms with Crippen molar-refractivity contribution in [2.75, 3.05) is 11.1 Å². The minimum absolute atomic E-state index is 0.212. The predicted octanol–water partition coefficient (Wildman–Crippen LogP) is 2.61. The number of nitrogens with two attached hydrogens (primary N) is 1. The number of rotatable bonds is 5. The van der Waals surface area contributed by atoms with Gasteiger partial charge in [0, 0.05) is 23.4 Å². The lowest BCUT2D eigenvalue weighted by Crippen LogP contribution is -2.41. The minimum Gasteiger partial charge on any atom is -0.384 e. The average molecular weight is 387 g/mol. The van der Waals surface area contributed by atoms with E-state index in [-0.39, 0.29) is 17.9 Å². The van der Waals surface area contributed by atoms with Crippen molar-refractivity contribution in [2.24, 2.45) is 0 Å². The van der Waals surface area contributed by atoms with Gasteiger partial charge in [0.25, 0.3) is 0 Å². The lowest BCUT2D eigenvalue weighted by molar-refractivity contribution is 0.240. The van der Waals surface area contributed by atoms with E-state index < -0.39 is 15.8 Å². The third-order valence-electron chi connectivity index (χ3n) is 5.09. The first-order chi connectivity index (χ1) is 13.0. The fraction of sp³-hybridized carbons (Fsp3) is 0.389. The maximum atomic E-state index is 11.9. The molecular weight excluding hydrogens is 366 g/mol. The van der Waals surface area contributed by atoms with Crippen LogP contribution in [0.5, 0.6) is 0 Å². The van der Waals surface area contributed by atoms with Gasteiger partial charge in [-0.25, -0.2) is 19.0 Å². The molecule has 1 atom stereocenters. The quantitative estimate of drug-likeness (QED) is 0.584. The van der Waals surface area contributed by atoms with Gasteiger partial charge in [-0.15, -0.1) is 0 Å². The van der Waals surface area contributed by atoms with Crippen molar-refractivity contribution in [3.63, 3.8) is 0 Å². The Morgan fingerprint density at radius 2 is 1.93 bits per heavy atom. The summed E-state index contributed by atoms with van der Waals surface area (Å²) in [6.45, 7) is 0. The fourth-order valence-electron chi connectivity index (χ4n) is 3.07. The molecule has 0 radical (unpaired) electrons. The molecule has 2 aliphatic rings. The van der Waals surface area contributed by atoms with Crippen molar-refractivity contribution in [1.82, 2.24) is 15.3 Å². The molecule has 9 heteroatoms. The second-order valence-electron chi connectivity index (χ2n) is 7.05. The Bertz CT molecular complexity index is 894. The molecule has 2 amide bonds. The van der Waals surface area contributed by atoms with E-state index in [2.05, 4.69) is 20.6 Å². The summed E-state index contributed by atoms with van der Waals surface area (Å²) in [6.07, 6.45) is 4.42. The highest BCUT2D eigenvalue weighted by Crippen LogP contribution is 2.50. The Balaban J connectivity index is 1.51. The van der Waals surface area contributed by atoms with E-state index in [1.54, 1.807) is 30.3 Å². The number of nitrogens with zero attached hydrogens (tertiary/aromatic N) is 2. The number of aromatic nitrogens is 2. The van der Waals surface area contributed by atoms with Crippen LogP contribution in [0.1, 0.15) is 37.8 Å². The van der Waals surface area contributed by atoms with Crippen LogP contribution in [0.3, 0.4) is 0 Å². The molecule has 4 rings (SSSR count). The van der Waals surface area contributed by atoms with Crippen LogP contribution in [0.4, 0.5) is 16.3 Å². The number of anilines is 2. The summed E-state index contributed by atoms with van der Waals surface area (Å²) < 4.78 is 20.4. The minimum atomic E-state index is -2.00. The van der Waals surface area contributed by atoms with Gasteiger partial charge in [0.2, 0.25) is 0 Å². The Hall–Kier alpha value is -2.52. The van der Waals surface area contributed by atoms with Gasteiger partial charge in [-0.2, -0.15) is 0 Å². The molecule has 1 unspecified atom stereocenters. The number of carbonyl (C=O) groups is 1. The van der Waals surface area contributed by atoms with Gasteiger partial charge in [0.05, 0.1) is 5.69 Å². The van der Waals surface area contributed by atoms with E-state index >= 15 is 0 Å². The number of urea groups is 1. The molecule has 1 aromatic heterocycles. The maximum Gasteiger partial charge on any atom is 0.319 e. The van der Waals surface area contributed by atoms with Gasteiger partial charge < -0.3 is 20.9 Å². The van der Waals surface area contributed by atoms with Crippen LogP contribution in [-0.2, 0) is 15.8 Å². The summed E-state index contributed by atoms with van der Waals surface area (Å²) in [6, 6.07) is 8.72. The summed E-state index contributed by atoms with van der Waals surface area (Å²) in [4.78, 5) is 20.6. The Kier molecular flexibility index (Phi) is 4.56. The second-order valence-corrected chi connectivity index (χ2v) is 8.33. The van der Waals surface area contributed by atoms with Crippen LogP contribution in [0.25, 0.3) is 11.4 Å². The lowest BCUT2D eigenvalue weighted by Gasteiger charge is -2.26. The summed E-state index contributed by atoms with van der Waals surface area (Å²) >= 11 is -2.00. The summed E-state index contributed by atoms with van der Waals surface area (Å²) in [5.41, 5.74) is 7.76. The SMILES string of the molecule is Nc1cc(C2(S(=O)O)CC2)nc(-c2ccc(NC(=O)NC3CCC3)cc2)n1. The summed E-state index contributed by atoms with van der Waals surface area (Å²) in [5, 5.41) is 5.72. The molecule has 1 aromatic carbocycles. The van der Waals surface area contributed by atoms with Crippen LogP contribution in [0.2, 0.25) is 0 Å². The van der Waals surface area contributed by atoms with Crippen molar-refractivity contribution in [3.8, 4) is 11.4 Å². The molecule has 0 bridgehead atoms. The van der Waals surface area contributed by atoms with Crippen molar-refractivity contribution < 1.29 is 13.6 Å². The van der Waals surface area contributed by atoms with Crippen molar-refractivity contribution >= 4 is 28.6 Å². The standard InChI is InChI=1S/C18H21N5O3S/c19-15-10-14(18(8-9-18)27(25)26)22-16(23-15)11-4-6-13(7-5-11)21-17(24)20-12-2-1-3-12/h4-7,10,12H,1-3,8-9H2,(H,25,26)(H2,19,22,23)(H2,20,21,24). The first-order valence-corrected chi connectivity index (χ1v) is 10.0. The molecule has 1 heterocycles. The zero-order valence-corrected chi connectivity index (χ0v) is 15.5. The zero-order valence-electron chi connectivity index (χ0n) is 14.6. The number of nitrogens with one attached hydrogen (secondary N) is 2. The molecular formula is C18H21N5O3S. The number of benzene rings is 1. The lowest BCUT2D eigenvalue weighted by atomic mass is 9.93. The molecule has 142 valence electrons. The van der Waals surface area contributed by atoms with Crippen LogP contribution in [0, 0.1) is 0 Å². The van der Waals surface area contributed by atoms with E-state index in [1.807, 2.05) is 0 Å². The Labute approximate surface area is 159 Å². The van der Waals surface area contributed by atoms with Gasteiger partial charge in [0.15, 0.2) is 16.9 Å². The highest BCUT2D eigenvalue weighted by atomic mass is 32.2. The van der Waals surface area contributed by atoms with Gasteiger partial charge in [-0.05, 0) is 56.4 Å². The smallest absolute Gasteiger partial charge is 0.319 e. The van der Waals surface area contributed by atoms with E-state index in [9.17, 15) is 13.6 Å². The highest BCUT2D eigenvalue weighted by molar-refractivity contribution is 7.80. The van der Waals surface area contributed by atoms with E-state index in [0.717, 1.165) is 19.3 Å². The molecule has 5 N–H and O–H groups in total. The fourth-order valence-corrected chi connectivity index (χ4v) is 3.80. The van der Waals surface area contributed by atoms with Gasteiger partial charge in [-0.1, -0.05) is 0 Å². The van der Waals surface area contributed by atoms with Crippen molar-refractivity contribution in [2.45, 2.75) is 42.9 Å². The average Bonchev–Trinajstić information content (AvgIpc) is 3.40. The second kappa shape index (κ2) is 6.90. The summed E-state index contributed by atoms with van der Waals surface area (Å²) in [5.74, 6) is 0.654. The molecule has 2 aromatic rings. The number of hydrogen-bond donors (Lipinski definition) is 4. The molecule has 0 spiro atoms. The maximum absolute atomic E-state index is 11.9. The molecule has 2 fully saturated rings. The van der Waals surface area contributed by atoms with Crippen LogP contribution in [-0.4, -0.2) is 30.8 Å². The van der Waals surface area contributed by atoms with Crippen LogP contribution in [0.15, 0.2) is 30.3 Å². The van der Waals surface area contributed by atoms with E-state index in [4.69, 9.17) is 5.73 Å². The van der Waals surface area contributed by atoms with Gasteiger partial charge in [-0.3, -0.25) is 0 Å². The molecule has 8 nitrogen and oxygen atoms in total. The van der Waals surface area contributed by atoms with Gasteiger partial charge >= 0.3 is 6.03 Å². The third kappa shape index (κ3) is 3.65. The number of nitrogen functional groups attached to an aromatic ring is 1. The number of amides is 2. The van der Waals surface area contributed by atoms with Crippen LogP contribution >= 0.6 is 0 Å². The molecule has 2 aliphatic carbocycles. The molecule has 2 saturated carbocycles. The first-order valence-electron chi connectivity index (χ1n) is 8.90. The number of hydrogen-bond acceptors (Lipinski definition) is 5. The monoisotopic (exact) mass is 387 g/mol. The predicted molar refractivity (Wildman–Crippen MR) is 103 cm³/mol. The van der Waals surface area contributed by atoms with Crippen molar-refractivity contribution in [3.05, 3.63) is 36.0 Å².